The van der Waals surface area contributed by atoms with Crippen LogP contribution < -0.4 is 0 Å². The van der Waals surface area contributed by atoms with Gasteiger partial charge in [-0.25, -0.2) is 4.39 Å². The summed E-state index contributed by atoms with van der Waals surface area (Å²) >= 11 is 0. The highest BCUT2D eigenvalue weighted by Gasteiger charge is 2.34. The Hall–Kier alpha value is -2.60. The maximum absolute atomic E-state index is 13.5. The highest BCUT2D eigenvalue weighted by molar-refractivity contribution is 5.35. The van der Waals surface area contributed by atoms with Gasteiger partial charge < -0.3 is 4.57 Å². The molecule has 0 N–H and O–H groups in total. The molecule has 1 aliphatic rings. The van der Waals surface area contributed by atoms with Gasteiger partial charge in [0, 0.05) is 24.6 Å². The largest absolute Gasteiger partial charge is 0.419 e. The Kier molecular flexibility index (Phi) is 5.95. The molecule has 2 heterocycles. The van der Waals surface area contributed by atoms with Crippen LogP contribution >= 0.6 is 0 Å². The van der Waals surface area contributed by atoms with Crippen LogP contribution in [-0.2, 0) is 19.1 Å². The molecule has 2 nitrogen and oxygen atoms in total. The van der Waals surface area contributed by atoms with Crippen molar-refractivity contribution >= 4 is 0 Å². The van der Waals surface area contributed by atoms with E-state index in [4.69, 9.17) is 0 Å². The third-order valence-corrected chi connectivity index (χ3v) is 5.81. The first-order valence-corrected chi connectivity index (χ1v) is 10.2. The molecule has 0 spiro atoms. The van der Waals surface area contributed by atoms with Gasteiger partial charge in [-0.15, -0.1) is 0 Å². The minimum Gasteiger partial charge on any atom is -0.324 e. The molecule has 0 unspecified atom stereocenters. The smallest absolute Gasteiger partial charge is 0.324 e. The van der Waals surface area contributed by atoms with Crippen LogP contribution in [0.2, 0.25) is 0 Å². The van der Waals surface area contributed by atoms with Crippen molar-refractivity contribution in [2.24, 2.45) is 5.92 Å². The number of piperidine rings is 1. The Morgan fingerprint density at radius 2 is 1.50 bits per heavy atom. The van der Waals surface area contributed by atoms with Crippen LogP contribution in [-0.4, -0.2) is 22.6 Å². The van der Waals surface area contributed by atoms with E-state index >= 15 is 0 Å². The molecule has 0 aliphatic carbocycles. The maximum Gasteiger partial charge on any atom is 0.419 e. The Bertz CT molecular complexity index is 954. The zero-order valence-corrected chi connectivity index (χ0v) is 16.6. The summed E-state index contributed by atoms with van der Waals surface area (Å²) in [7, 11) is 0. The van der Waals surface area contributed by atoms with Crippen molar-refractivity contribution < 1.29 is 17.6 Å². The first-order chi connectivity index (χ1) is 14.4. The average molecular weight is 416 g/mol. The van der Waals surface area contributed by atoms with Crippen LogP contribution in [0.15, 0.2) is 67.0 Å². The lowest BCUT2D eigenvalue weighted by molar-refractivity contribution is -0.140. The van der Waals surface area contributed by atoms with E-state index in [9.17, 15) is 17.6 Å². The van der Waals surface area contributed by atoms with E-state index in [1.54, 1.807) is 0 Å². The second kappa shape index (κ2) is 8.64. The van der Waals surface area contributed by atoms with Gasteiger partial charge in [0.25, 0.3) is 0 Å². The maximum atomic E-state index is 13.5. The minimum absolute atomic E-state index is 0.418. The standard InChI is InChI=1S/C24H24F4N2/c25-23-8-5-20(16-22(23)24(26,27)28)17-29-13-9-19(10-14-29)15-18-3-6-21(7-4-18)30-11-1-2-12-30/h1-8,11-12,16,19H,9-10,13-15,17H2. The van der Waals surface area contributed by atoms with Crippen LogP contribution in [0.1, 0.15) is 29.5 Å². The van der Waals surface area contributed by atoms with Gasteiger partial charge in [0.1, 0.15) is 5.82 Å². The first kappa shape index (κ1) is 20.7. The van der Waals surface area contributed by atoms with Crippen LogP contribution in [0.25, 0.3) is 5.69 Å². The molecule has 2 aromatic carbocycles. The Morgan fingerprint density at radius 3 is 2.13 bits per heavy atom. The number of rotatable bonds is 5. The quantitative estimate of drug-likeness (QED) is 0.457. The molecule has 1 fully saturated rings. The summed E-state index contributed by atoms with van der Waals surface area (Å²) < 4.78 is 54.3. The third-order valence-electron chi connectivity index (χ3n) is 5.81. The second-order valence-electron chi connectivity index (χ2n) is 7.99. The van der Waals surface area contributed by atoms with Crippen molar-refractivity contribution in [3.8, 4) is 5.69 Å². The topological polar surface area (TPSA) is 8.17 Å². The van der Waals surface area contributed by atoms with Gasteiger partial charge in [0.05, 0.1) is 5.56 Å². The number of halogens is 4. The molecule has 1 aliphatic heterocycles. The molecule has 3 aromatic rings. The van der Waals surface area contributed by atoms with Crippen LogP contribution in [0.5, 0.6) is 0 Å². The van der Waals surface area contributed by atoms with Gasteiger partial charge in [0.15, 0.2) is 0 Å². The molecular formula is C24H24F4N2. The first-order valence-electron chi connectivity index (χ1n) is 10.2. The van der Waals surface area contributed by atoms with Gasteiger partial charge in [-0.05, 0) is 85.8 Å². The molecule has 6 heteroatoms. The van der Waals surface area contributed by atoms with E-state index in [2.05, 4.69) is 33.7 Å². The summed E-state index contributed by atoms with van der Waals surface area (Å²) in [5, 5.41) is 0. The lowest BCUT2D eigenvalue weighted by Gasteiger charge is -2.32. The number of likely N-dealkylation sites (tertiary alicyclic amines) is 1. The summed E-state index contributed by atoms with van der Waals surface area (Å²) in [6.07, 6.45) is 2.39. The van der Waals surface area contributed by atoms with Crippen molar-refractivity contribution in [2.75, 3.05) is 13.1 Å². The fraction of sp³-hybridized carbons (Fsp3) is 0.333. The Balaban J connectivity index is 1.30. The van der Waals surface area contributed by atoms with Crippen LogP contribution in [0.3, 0.4) is 0 Å². The van der Waals surface area contributed by atoms with E-state index in [1.807, 2.05) is 24.5 Å². The molecule has 0 radical (unpaired) electrons. The number of hydrogen-bond acceptors (Lipinski definition) is 1. The Labute approximate surface area is 173 Å². The summed E-state index contributed by atoms with van der Waals surface area (Å²) in [5.41, 5.74) is 1.76. The number of nitrogens with zero attached hydrogens (tertiary/aromatic N) is 2. The van der Waals surface area contributed by atoms with Crippen molar-refractivity contribution in [2.45, 2.75) is 32.0 Å². The predicted molar refractivity (Wildman–Crippen MR) is 109 cm³/mol. The summed E-state index contributed by atoms with van der Waals surface area (Å²) in [4.78, 5) is 2.15. The number of benzene rings is 2. The highest BCUT2D eigenvalue weighted by atomic mass is 19.4. The third kappa shape index (κ3) is 4.93. The second-order valence-corrected chi connectivity index (χ2v) is 7.99. The molecule has 1 aromatic heterocycles. The van der Waals surface area contributed by atoms with E-state index in [1.165, 1.54) is 11.6 Å². The Morgan fingerprint density at radius 1 is 0.867 bits per heavy atom. The number of aromatic nitrogens is 1. The fourth-order valence-electron chi connectivity index (χ4n) is 4.14. The van der Waals surface area contributed by atoms with Crippen LogP contribution in [0, 0.1) is 11.7 Å². The normalized spacial score (nSPS) is 16.1. The molecular weight excluding hydrogens is 392 g/mol. The lowest BCUT2D eigenvalue weighted by Crippen LogP contribution is -2.34. The van der Waals surface area contributed by atoms with Gasteiger partial charge in [-0.3, -0.25) is 4.90 Å². The zero-order chi connectivity index (χ0) is 21.1. The van der Waals surface area contributed by atoms with Crippen molar-refractivity contribution in [3.63, 3.8) is 0 Å². The van der Waals surface area contributed by atoms with Crippen molar-refractivity contribution in [1.82, 2.24) is 9.47 Å². The van der Waals surface area contributed by atoms with Crippen molar-refractivity contribution in [1.29, 1.82) is 0 Å². The molecule has 30 heavy (non-hydrogen) atoms. The van der Waals surface area contributed by atoms with E-state index in [0.29, 0.717) is 18.0 Å². The van der Waals surface area contributed by atoms with Crippen LogP contribution in [0.4, 0.5) is 17.6 Å². The minimum atomic E-state index is -4.66. The van der Waals surface area contributed by atoms with Crippen molar-refractivity contribution in [3.05, 3.63) is 89.5 Å². The molecule has 0 amide bonds. The van der Waals surface area contributed by atoms with Gasteiger partial charge in [-0.2, -0.15) is 13.2 Å². The average Bonchev–Trinajstić information content (AvgIpc) is 3.25. The summed E-state index contributed by atoms with van der Waals surface area (Å²) in [6.45, 7) is 2.09. The molecule has 1 saturated heterocycles. The predicted octanol–water partition coefficient (Wildman–Crippen LogP) is 6.09. The van der Waals surface area contributed by atoms with E-state index in [0.717, 1.165) is 50.2 Å². The highest BCUT2D eigenvalue weighted by Crippen LogP contribution is 2.32. The molecule has 4 rings (SSSR count). The molecule has 0 saturated carbocycles. The van der Waals surface area contributed by atoms with Gasteiger partial charge in [-0.1, -0.05) is 18.2 Å². The summed E-state index contributed by atoms with van der Waals surface area (Å²) in [5.74, 6) is -0.648. The van der Waals surface area contributed by atoms with E-state index < -0.39 is 17.6 Å². The molecule has 158 valence electrons. The zero-order valence-electron chi connectivity index (χ0n) is 16.6. The molecule has 0 atom stereocenters. The number of alkyl halides is 3. The van der Waals surface area contributed by atoms with E-state index in [-0.39, 0.29) is 0 Å². The van der Waals surface area contributed by atoms with Gasteiger partial charge >= 0.3 is 6.18 Å². The molecule has 0 bridgehead atoms. The SMILES string of the molecule is Fc1ccc(CN2CCC(Cc3ccc(-n4cccc4)cc3)CC2)cc1C(F)(F)F. The monoisotopic (exact) mass is 416 g/mol. The lowest BCUT2D eigenvalue weighted by atomic mass is 9.90. The summed E-state index contributed by atoms with van der Waals surface area (Å²) in [6, 6.07) is 15.9. The van der Waals surface area contributed by atoms with Gasteiger partial charge in [0.2, 0.25) is 0 Å². The fourth-order valence-corrected chi connectivity index (χ4v) is 4.14. The number of hydrogen-bond donors (Lipinski definition) is 0.